The molecule has 0 aromatic carbocycles. The maximum absolute atomic E-state index is 12.7. The fraction of sp³-hybridized carbons (Fsp3) is 0.462. The summed E-state index contributed by atoms with van der Waals surface area (Å²) in [4.78, 5) is 19.4. The summed E-state index contributed by atoms with van der Waals surface area (Å²) in [5.74, 6) is 0.140. The van der Waals surface area contributed by atoms with Gasteiger partial charge in [-0.1, -0.05) is 11.6 Å². The number of anilines is 1. The molecule has 0 N–H and O–H groups in total. The minimum Gasteiger partial charge on any atom is -0.352 e. The van der Waals surface area contributed by atoms with Crippen LogP contribution in [0.1, 0.15) is 5.56 Å². The molecular weight excluding hydrogens is 363 g/mol. The molecule has 2 aromatic rings. The van der Waals surface area contributed by atoms with Gasteiger partial charge in [-0.15, -0.1) is 5.10 Å². The van der Waals surface area contributed by atoms with Crippen LogP contribution in [0.2, 0.25) is 5.02 Å². The van der Waals surface area contributed by atoms with Crippen LogP contribution in [0.3, 0.4) is 0 Å². The van der Waals surface area contributed by atoms with E-state index in [0.29, 0.717) is 26.2 Å². The molecule has 1 fully saturated rings. The second-order valence-electron chi connectivity index (χ2n) is 5.40. The van der Waals surface area contributed by atoms with Crippen molar-refractivity contribution < 1.29 is 18.0 Å². The summed E-state index contributed by atoms with van der Waals surface area (Å²) >= 11 is 5.95. The van der Waals surface area contributed by atoms with Crippen molar-refractivity contribution >= 4 is 23.3 Å². The number of tetrazole rings is 1. The molecule has 1 amide bonds. The van der Waals surface area contributed by atoms with Gasteiger partial charge >= 0.3 is 6.18 Å². The van der Waals surface area contributed by atoms with Gasteiger partial charge in [-0.25, -0.2) is 9.67 Å². The number of carbonyl (C=O) groups is 1. The van der Waals surface area contributed by atoms with E-state index in [0.717, 1.165) is 12.3 Å². The first-order valence-corrected chi connectivity index (χ1v) is 7.68. The van der Waals surface area contributed by atoms with Crippen molar-refractivity contribution in [2.45, 2.75) is 12.7 Å². The van der Waals surface area contributed by atoms with Crippen molar-refractivity contribution in [3.8, 4) is 0 Å². The minimum atomic E-state index is -4.49. The molecule has 0 bridgehead atoms. The molecule has 1 aliphatic rings. The van der Waals surface area contributed by atoms with E-state index in [1.54, 1.807) is 9.80 Å². The van der Waals surface area contributed by atoms with Crippen LogP contribution in [0, 0.1) is 0 Å². The largest absolute Gasteiger partial charge is 0.417 e. The molecule has 12 heteroatoms. The van der Waals surface area contributed by atoms with Crippen molar-refractivity contribution in [2.75, 3.05) is 31.1 Å². The van der Waals surface area contributed by atoms with E-state index in [1.165, 1.54) is 11.0 Å². The third-order valence-corrected chi connectivity index (χ3v) is 4.05. The van der Waals surface area contributed by atoms with Crippen LogP contribution >= 0.6 is 11.6 Å². The van der Waals surface area contributed by atoms with E-state index in [4.69, 9.17) is 11.6 Å². The predicted octanol–water partition coefficient (Wildman–Crippen LogP) is 1.09. The zero-order valence-electron chi connectivity index (χ0n) is 12.8. The number of piperazine rings is 1. The molecule has 25 heavy (non-hydrogen) atoms. The first kappa shape index (κ1) is 17.4. The molecule has 0 radical (unpaired) electrons. The van der Waals surface area contributed by atoms with Crippen molar-refractivity contribution in [1.29, 1.82) is 0 Å². The number of pyridine rings is 1. The summed E-state index contributed by atoms with van der Waals surface area (Å²) in [6.07, 6.45) is -2.38. The van der Waals surface area contributed by atoms with Crippen LogP contribution in [0.25, 0.3) is 0 Å². The van der Waals surface area contributed by atoms with E-state index in [2.05, 4.69) is 20.5 Å². The summed E-state index contributed by atoms with van der Waals surface area (Å²) in [5.41, 5.74) is -0.892. The Hall–Kier alpha value is -2.43. The van der Waals surface area contributed by atoms with Gasteiger partial charge in [0.15, 0.2) is 0 Å². The fourth-order valence-corrected chi connectivity index (χ4v) is 2.76. The lowest BCUT2D eigenvalue weighted by atomic mass is 10.2. The standard InChI is InChI=1S/C13H13ClF3N7O/c14-10-5-9(13(15,16)17)6-18-12(10)23-3-1-22(2-4-23)11(25)7-24-8-19-20-21-24/h5-6,8H,1-4,7H2. The number of nitrogens with zero attached hydrogens (tertiary/aromatic N) is 7. The van der Waals surface area contributed by atoms with Crippen LogP contribution in [0.5, 0.6) is 0 Å². The van der Waals surface area contributed by atoms with Gasteiger partial charge in [-0.05, 0) is 16.5 Å². The van der Waals surface area contributed by atoms with Crippen molar-refractivity contribution in [2.24, 2.45) is 0 Å². The molecule has 1 aliphatic heterocycles. The highest BCUT2D eigenvalue weighted by Crippen LogP contribution is 2.33. The Morgan fingerprint density at radius 3 is 2.52 bits per heavy atom. The van der Waals surface area contributed by atoms with E-state index in [9.17, 15) is 18.0 Å². The Labute approximate surface area is 145 Å². The molecule has 0 atom stereocenters. The number of amides is 1. The summed E-state index contributed by atoms with van der Waals surface area (Å²) in [6.45, 7) is 1.67. The zero-order chi connectivity index (χ0) is 18.0. The van der Waals surface area contributed by atoms with Crippen LogP contribution < -0.4 is 4.90 Å². The Kier molecular flexibility index (Phi) is 4.75. The molecule has 0 spiro atoms. The number of carbonyl (C=O) groups excluding carboxylic acids is 1. The summed E-state index contributed by atoms with van der Waals surface area (Å²) in [6, 6.07) is 0.860. The molecule has 3 rings (SSSR count). The average molecular weight is 376 g/mol. The van der Waals surface area contributed by atoms with Crippen molar-refractivity contribution in [3.05, 3.63) is 29.2 Å². The van der Waals surface area contributed by atoms with Crippen LogP contribution in [-0.2, 0) is 17.5 Å². The summed E-state index contributed by atoms with van der Waals surface area (Å²) < 4.78 is 39.3. The second-order valence-corrected chi connectivity index (χ2v) is 5.81. The van der Waals surface area contributed by atoms with E-state index < -0.39 is 11.7 Å². The number of aromatic nitrogens is 5. The zero-order valence-corrected chi connectivity index (χ0v) is 13.6. The summed E-state index contributed by atoms with van der Waals surface area (Å²) in [5, 5.41) is 10.5. The highest BCUT2D eigenvalue weighted by atomic mass is 35.5. The van der Waals surface area contributed by atoms with Gasteiger partial charge in [0, 0.05) is 32.4 Å². The highest BCUT2D eigenvalue weighted by molar-refractivity contribution is 6.33. The van der Waals surface area contributed by atoms with E-state index >= 15 is 0 Å². The van der Waals surface area contributed by atoms with Crippen LogP contribution in [0.15, 0.2) is 18.6 Å². The van der Waals surface area contributed by atoms with Gasteiger partial charge in [0.05, 0.1) is 10.6 Å². The molecule has 1 saturated heterocycles. The lowest BCUT2D eigenvalue weighted by Crippen LogP contribution is -2.50. The quantitative estimate of drug-likeness (QED) is 0.799. The smallest absolute Gasteiger partial charge is 0.352 e. The molecule has 134 valence electrons. The fourth-order valence-electron chi connectivity index (χ4n) is 2.48. The molecule has 0 saturated carbocycles. The first-order chi connectivity index (χ1) is 11.8. The Morgan fingerprint density at radius 2 is 1.96 bits per heavy atom. The van der Waals surface area contributed by atoms with Gasteiger partial charge in [0.25, 0.3) is 0 Å². The lowest BCUT2D eigenvalue weighted by molar-refractivity contribution is -0.138. The normalized spacial score (nSPS) is 15.5. The second kappa shape index (κ2) is 6.82. The van der Waals surface area contributed by atoms with Gasteiger partial charge < -0.3 is 9.80 Å². The number of rotatable bonds is 3. The maximum atomic E-state index is 12.7. The average Bonchev–Trinajstić information content (AvgIpc) is 3.07. The third-order valence-electron chi connectivity index (χ3n) is 3.77. The van der Waals surface area contributed by atoms with Gasteiger partial charge in [-0.3, -0.25) is 4.79 Å². The van der Waals surface area contributed by atoms with Crippen LogP contribution in [0.4, 0.5) is 19.0 Å². The lowest BCUT2D eigenvalue weighted by Gasteiger charge is -2.35. The number of halogens is 4. The number of hydrogen-bond acceptors (Lipinski definition) is 6. The van der Waals surface area contributed by atoms with Crippen molar-refractivity contribution in [1.82, 2.24) is 30.1 Å². The number of alkyl halides is 3. The Morgan fingerprint density at radius 1 is 1.24 bits per heavy atom. The van der Waals surface area contributed by atoms with Gasteiger partial charge in [0.1, 0.15) is 18.7 Å². The molecule has 3 heterocycles. The number of hydrogen-bond donors (Lipinski definition) is 0. The topological polar surface area (TPSA) is 80.0 Å². The summed E-state index contributed by atoms with van der Waals surface area (Å²) in [7, 11) is 0. The molecule has 0 aliphatic carbocycles. The van der Waals surface area contributed by atoms with E-state index in [1.807, 2.05) is 0 Å². The van der Waals surface area contributed by atoms with E-state index in [-0.39, 0.29) is 23.3 Å². The predicted molar refractivity (Wildman–Crippen MR) is 80.9 cm³/mol. The molecule has 8 nitrogen and oxygen atoms in total. The minimum absolute atomic E-state index is 0.0340. The van der Waals surface area contributed by atoms with Crippen LogP contribution in [-0.4, -0.2) is 62.2 Å². The van der Waals surface area contributed by atoms with Crippen molar-refractivity contribution in [3.63, 3.8) is 0 Å². The molecule has 0 unspecified atom stereocenters. The Balaban J connectivity index is 1.61. The first-order valence-electron chi connectivity index (χ1n) is 7.31. The molecular formula is C13H13ClF3N7O. The van der Waals surface area contributed by atoms with Gasteiger partial charge in [0.2, 0.25) is 5.91 Å². The Bertz CT molecular complexity index is 745. The molecule has 2 aromatic heterocycles. The third kappa shape index (κ3) is 3.98. The highest BCUT2D eigenvalue weighted by Gasteiger charge is 2.32. The monoisotopic (exact) mass is 375 g/mol. The van der Waals surface area contributed by atoms with Gasteiger partial charge in [-0.2, -0.15) is 13.2 Å². The maximum Gasteiger partial charge on any atom is 0.417 e. The SMILES string of the molecule is O=C(Cn1cnnn1)N1CCN(c2ncc(C(F)(F)F)cc2Cl)CC1.